The lowest BCUT2D eigenvalue weighted by Gasteiger charge is -2.31. The van der Waals surface area contributed by atoms with Gasteiger partial charge in [-0.25, -0.2) is 0 Å². The minimum Gasteiger partial charge on any atom is -0.490 e. The number of hydrogen-bond donors (Lipinski definition) is 0. The SMILES string of the molecule is CC(C)(C)c1ccc2c(c1)N(C(=O)C(F)(F)F)CCO2. The van der Waals surface area contributed by atoms with Crippen LogP contribution in [0, 0.1) is 0 Å². The number of carbonyl (C=O) groups excluding carboxylic acids is 1. The molecule has 2 rings (SSSR count). The minimum absolute atomic E-state index is 0.0592. The molecule has 1 aliphatic rings. The Morgan fingerprint density at radius 3 is 2.45 bits per heavy atom. The Balaban J connectivity index is 2.46. The molecule has 0 saturated carbocycles. The van der Waals surface area contributed by atoms with Gasteiger partial charge >= 0.3 is 12.1 Å². The number of halogens is 3. The van der Waals surface area contributed by atoms with Gasteiger partial charge in [0.05, 0.1) is 12.2 Å². The van der Waals surface area contributed by atoms with Crippen molar-refractivity contribution in [3.05, 3.63) is 23.8 Å². The molecule has 0 aromatic heterocycles. The molecule has 0 fully saturated rings. The molecule has 0 bridgehead atoms. The van der Waals surface area contributed by atoms with E-state index in [2.05, 4.69) is 0 Å². The highest BCUT2D eigenvalue weighted by Crippen LogP contribution is 2.37. The zero-order valence-electron chi connectivity index (χ0n) is 11.5. The van der Waals surface area contributed by atoms with Gasteiger partial charge in [0.15, 0.2) is 0 Å². The molecule has 0 saturated heterocycles. The number of fused-ring (bicyclic) bond motifs is 1. The Morgan fingerprint density at radius 2 is 1.90 bits per heavy atom. The molecule has 1 aliphatic heterocycles. The third kappa shape index (κ3) is 2.73. The molecular weight excluding hydrogens is 271 g/mol. The maximum Gasteiger partial charge on any atom is 0.471 e. The first-order valence-corrected chi connectivity index (χ1v) is 6.27. The van der Waals surface area contributed by atoms with Crippen LogP contribution < -0.4 is 9.64 Å². The van der Waals surface area contributed by atoms with Gasteiger partial charge in [-0.05, 0) is 23.1 Å². The molecule has 0 N–H and O–H groups in total. The number of amides is 1. The monoisotopic (exact) mass is 287 g/mol. The summed E-state index contributed by atoms with van der Waals surface area (Å²) < 4.78 is 43.2. The van der Waals surface area contributed by atoms with E-state index in [4.69, 9.17) is 4.74 Å². The molecular formula is C14H16F3NO2. The van der Waals surface area contributed by atoms with Gasteiger partial charge < -0.3 is 4.74 Å². The summed E-state index contributed by atoms with van der Waals surface area (Å²) in [5.41, 5.74) is 0.812. The van der Waals surface area contributed by atoms with Gasteiger partial charge in [0.2, 0.25) is 0 Å². The van der Waals surface area contributed by atoms with Gasteiger partial charge in [0.25, 0.3) is 0 Å². The Kier molecular flexibility index (Phi) is 3.44. The van der Waals surface area contributed by atoms with E-state index in [-0.39, 0.29) is 24.3 Å². The molecule has 20 heavy (non-hydrogen) atoms. The highest BCUT2D eigenvalue weighted by atomic mass is 19.4. The predicted molar refractivity (Wildman–Crippen MR) is 69.0 cm³/mol. The Bertz CT molecular complexity index is 532. The van der Waals surface area contributed by atoms with Gasteiger partial charge in [-0.15, -0.1) is 0 Å². The summed E-state index contributed by atoms with van der Waals surface area (Å²) in [6, 6.07) is 5.02. The second-order valence-electron chi connectivity index (χ2n) is 5.74. The predicted octanol–water partition coefficient (Wildman–Crippen LogP) is 3.27. The fourth-order valence-electron chi connectivity index (χ4n) is 2.05. The summed E-state index contributed by atoms with van der Waals surface area (Å²) in [6.45, 7) is 5.82. The molecule has 0 spiro atoms. The summed E-state index contributed by atoms with van der Waals surface area (Å²) >= 11 is 0. The van der Waals surface area contributed by atoms with Crippen molar-refractivity contribution in [3.63, 3.8) is 0 Å². The number of benzene rings is 1. The number of alkyl halides is 3. The third-order valence-corrected chi connectivity index (χ3v) is 3.18. The van der Waals surface area contributed by atoms with E-state index in [1.807, 2.05) is 20.8 Å². The molecule has 1 heterocycles. The molecule has 0 aliphatic carbocycles. The fourth-order valence-corrected chi connectivity index (χ4v) is 2.05. The standard InChI is InChI=1S/C14H16F3NO2/c1-13(2,3)9-4-5-11-10(8-9)18(6-7-20-11)12(19)14(15,16)17/h4-5,8H,6-7H2,1-3H3. The lowest BCUT2D eigenvalue weighted by atomic mass is 9.86. The van der Waals surface area contributed by atoms with Crippen LogP contribution in [0.3, 0.4) is 0 Å². The zero-order valence-corrected chi connectivity index (χ0v) is 11.5. The third-order valence-electron chi connectivity index (χ3n) is 3.18. The molecule has 0 atom stereocenters. The van der Waals surface area contributed by atoms with Crippen LogP contribution >= 0.6 is 0 Å². The topological polar surface area (TPSA) is 29.5 Å². The van der Waals surface area contributed by atoms with Crippen LogP contribution in [0.2, 0.25) is 0 Å². The molecule has 110 valence electrons. The highest BCUT2D eigenvalue weighted by Gasteiger charge is 2.44. The Hall–Kier alpha value is -1.72. The van der Waals surface area contributed by atoms with Crippen molar-refractivity contribution in [2.45, 2.75) is 32.4 Å². The van der Waals surface area contributed by atoms with Crippen LogP contribution in [0.25, 0.3) is 0 Å². The molecule has 3 nitrogen and oxygen atoms in total. The van der Waals surface area contributed by atoms with Crippen LogP contribution in [0.4, 0.5) is 18.9 Å². The second-order valence-corrected chi connectivity index (χ2v) is 5.74. The maximum atomic E-state index is 12.6. The largest absolute Gasteiger partial charge is 0.490 e. The normalized spacial score (nSPS) is 15.6. The fraction of sp³-hybridized carbons (Fsp3) is 0.500. The summed E-state index contributed by atoms with van der Waals surface area (Å²) in [7, 11) is 0. The number of carbonyl (C=O) groups is 1. The number of rotatable bonds is 0. The number of hydrogen-bond acceptors (Lipinski definition) is 2. The lowest BCUT2D eigenvalue weighted by Crippen LogP contribution is -2.45. The van der Waals surface area contributed by atoms with Gasteiger partial charge in [0, 0.05) is 0 Å². The van der Waals surface area contributed by atoms with Gasteiger partial charge in [0.1, 0.15) is 12.4 Å². The molecule has 1 aromatic rings. The van der Waals surface area contributed by atoms with Gasteiger partial charge in [-0.1, -0.05) is 26.8 Å². The van der Waals surface area contributed by atoms with E-state index in [0.29, 0.717) is 5.75 Å². The van der Waals surface area contributed by atoms with E-state index in [0.717, 1.165) is 10.5 Å². The van der Waals surface area contributed by atoms with E-state index in [9.17, 15) is 18.0 Å². The first kappa shape index (κ1) is 14.7. The van der Waals surface area contributed by atoms with Crippen molar-refractivity contribution < 1.29 is 22.7 Å². The minimum atomic E-state index is -4.88. The quantitative estimate of drug-likeness (QED) is 0.733. The summed E-state index contributed by atoms with van der Waals surface area (Å²) in [5.74, 6) is -1.55. The first-order valence-electron chi connectivity index (χ1n) is 6.27. The first-order chi connectivity index (χ1) is 9.10. The van der Waals surface area contributed by atoms with E-state index < -0.39 is 12.1 Å². The molecule has 0 unspecified atom stereocenters. The van der Waals surface area contributed by atoms with Crippen molar-refractivity contribution in [2.24, 2.45) is 0 Å². The van der Waals surface area contributed by atoms with E-state index in [1.54, 1.807) is 18.2 Å². The average molecular weight is 287 g/mol. The summed E-state index contributed by atoms with van der Waals surface area (Å²) in [5, 5.41) is 0. The number of nitrogens with zero attached hydrogens (tertiary/aromatic N) is 1. The van der Waals surface area contributed by atoms with Crippen LogP contribution in [-0.4, -0.2) is 25.2 Å². The van der Waals surface area contributed by atoms with Crippen molar-refractivity contribution in [3.8, 4) is 5.75 Å². The van der Waals surface area contributed by atoms with E-state index >= 15 is 0 Å². The van der Waals surface area contributed by atoms with Crippen molar-refractivity contribution in [1.29, 1.82) is 0 Å². The Labute approximate surface area is 115 Å². The molecule has 1 amide bonds. The van der Waals surface area contributed by atoms with Crippen molar-refractivity contribution in [1.82, 2.24) is 0 Å². The second kappa shape index (κ2) is 4.68. The lowest BCUT2D eigenvalue weighted by molar-refractivity contribution is -0.170. The average Bonchev–Trinajstić information content (AvgIpc) is 2.34. The van der Waals surface area contributed by atoms with Crippen LogP contribution in [-0.2, 0) is 10.2 Å². The molecule has 6 heteroatoms. The maximum absolute atomic E-state index is 12.6. The van der Waals surface area contributed by atoms with Crippen LogP contribution in [0.5, 0.6) is 5.75 Å². The van der Waals surface area contributed by atoms with Crippen molar-refractivity contribution in [2.75, 3.05) is 18.1 Å². The number of ether oxygens (including phenoxy) is 1. The molecule has 1 aromatic carbocycles. The smallest absolute Gasteiger partial charge is 0.471 e. The van der Waals surface area contributed by atoms with Gasteiger partial charge in [-0.3, -0.25) is 9.69 Å². The van der Waals surface area contributed by atoms with Crippen LogP contribution in [0.1, 0.15) is 26.3 Å². The van der Waals surface area contributed by atoms with Gasteiger partial charge in [-0.2, -0.15) is 13.2 Å². The summed E-state index contributed by atoms with van der Waals surface area (Å²) in [6.07, 6.45) is -4.88. The number of anilines is 1. The summed E-state index contributed by atoms with van der Waals surface area (Å²) in [4.78, 5) is 12.2. The highest BCUT2D eigenvalue weighted by molar-refractivity contribution is 5.99. The van der Waals surface area contributed by atoms with E-state index in [1.165, 1.54) is 0 Å². The van der Waals surface area contributed by atoms with Crippen molar-refractivity contribution >= 4 is 11.6 Å². The Morgan fingerprint density at radius 1 is 1.25 bits per heavy atom. The zero-order chi connectivity index (χ0) is 15.1. The van der Waals surface area contributed by atoms with Crippen LogP contribution in [0.15, 0.2) is 18.2 Å². The molecule has 0 radical (unpaired) electrons.